The van der Waals surface area contributed by atoms with E-state index in [0.717, 1.165) is 0 Å². The van der Waals surface area contributed by atoms with Crippen LogP contribution in [0.15, 0.2) is 12.2 Å². The third kappa shape index (κ3) is 31.7. The molecule has 0 saturated carbocycles. The molecule has 0 unspecified atom stereocenters. The third-order valence-corrected chi connectivity index (χ3v) is 7.37. The highest BCUT2D eigenvalue weighted by Crippen LogP contribution is 2.15. The zero-order valence-corrected chi connectivity index (χ0v) is 23.7. The van der Waals surface area contributed by atoms with E-state index in [9.17, 15) is 0 Å². The fraction of sp³-hybridized carbons (Fsp3) is 0.939. The highest BCUT2D eigenvalue weighted by atomic mass is 14.0. The number of rotatable bonds is 29. The lowest BCUT2D eigenvalue weighted by Crippen LogP contribution is -1.83. The van der Waals surface area contributed by atoms with Gasteiger partial charge in [0.1, 0.15) is 0 Å². The van der Waals surface area contributed by atoms with Gasteiger partial charge >= 0.3 is 0 Å². The number of allylic oxidation sites excluding steroid dienone is 2. The van der Waals surface area contributed by atoms with Crippen LogP contribution in [0.5, 0.6) is 0 Å². The Kier molecular flexibility index (Phi) is 31.5. The Morgan fingerprint density at radius 3 is 0.636 bits per heavy atom. The van der Waals surface area contributed by atoms with Crippen LogP contribution in [0.4, 0.5) is 0 Å². The van der Waals surface area contributed by atoms with Crippen molar-refractivity contribution in [2.24, 2.45) is 0 Å². The molecule has 0 atom stereocenters. The summed E-state index contributed by atoms with van der Waals surface area (Å²) >= 11 is 0. The fourth-order valence-corrected chi connectivity index (χ4v) is 4.97. The van der Waals surface area contributed by atoms with Gasteiger partial charge in [-0.25, -0.2) is 0 Å². The average molecular weight is 463 g/mol. The maximum absolute atomic E-state index is 2.46. The summed E-state index contributed by atoms with van der Waals surface area (Å²) in [4.78, 5) is 0. The summed E-state index contributed by atoms with van der Waals surface area (Å²) in [5.41, 5.74) is 0. The predicted octanol–water partition coefficient (Wildman–Crippen LogP) is 12.9. The minimum Gasteiger partial charge on any atom is -0.0885 e. The van der Waals surface area contributed by atoms with E-state index in [1.165, 1.54) is 186 Å². The second-order valence-corrected chi connectivity index (χ2v) is 10.9. The molecule has 0 aromatic heterocycles. The monoisotopic (exact) mass is 463 g/mol. The molecule has 0 saturated heterocycles. The molecule has 198 valence electrons. The topological polar surface area (TPSA) is 0 Å². The maximum Gasteiger partial charge on any atom is -0.0351 e. The largest absolute Gasteiger partial charge is 0.0885 e. The standard InChI is InChI=1S/C33H66/c1-3-5-7-9-11-13-15-17-19-21-23-25-27-29-31-33-32-30-28-26-24-22-20-18-16-14-12-10-8-6-4-2/h31,33H,3-30,32H2,1-2H3/b33-31+. The molecule has 0 aliphatic heterocycles. The van der Waals surface area contributed by atoms with Gasteiger partial charge in [0.15, 0.2) is 0 Å². The third-order valence-electron chi connectivity index (χ3n) is 7.37. The molecule has 0 aromatic rings. The normalized spacial score (nSPS) is 11.7. The van der Waals surface area contributed by atoms with Gasteiger partial charge in [-0.2, -0.15) is 0 Å². The van der Waals surface area contributed by atoms with Crippen molar-refractivity contribution in [3.63, 3.8) is 0 Å². The van der Waals surface area contributed by atoms with Crippen LogP contribution in [-0.4, -0.2) is 0 Å². The zero-order chi connectivity index (χ0) is 23.9. The van der Waals surface area contributed by atoms with Crippen LogP contribution in [0.3, 0.4) is 0 Å². The second-order valence-electron chi connectivity index (χ2n) is 10.9. The Morgan fingerprint density at radius 1 is 0.242 bits per heavy atom. The first-order valence-electron chi connectivity index (χ1n) is 16.1. The molecular formula is C33H66. The van der Waals surface area contributed by atoms with Crippen LogP contribution >= 0.6 is 0 Å². The van der Waals surface area contributed by atoms with Gasteiger partial charge in [-0.05, 0) is 25.7 Å². The van der Waals surface area contributed by atoms with Crippen LogP contribution in [0.25, 0.3) is 0 Å². The Morgan fingerprint density at radius 2 is 0.424 bits per heavy atom. The summed E-state index contributed by atoms with van der Waals surface area (Å²) in [6.45, 7) is 4.61. The van der Waals surface area contributed by atoms with Crippen LogP contribution in [0.1, 0.15) is 200 Å². The lowest BCUT2D eigenvalue weighted by molar-refractivity contribution is 0.536. The summed E-state index contributed by atoms with van der Waals surface area (Å²) in [5.74, 6) is 0. The lowest BCUT2D eigenvalue weighted by Gasteiger charge is -2.03. The molecule has 0 aliphatic rings. The average Bonchev–Trinajstić information content (AvgIpc) is 2.83. The molecule has 0 N–H and O–H groups in total. The molecule has 0 amide bonds. The molecule has 0 radical (unpaired) electrons. The van der Waals surface area contributed by atoms with E-state index < -0.39 is 0 Å². The van der Waals surface area contributed by atoms with E-state index in [4.69, 9.17) is 0 Å². The van der Waals surface area contributed by atoms with E-state index in [1.807, 2.05) is 0 Å². The summed E-state index contributed by atoms with van der Waals surface area (Å²) < 4.78 is 0. The van der Waals surface area contributed by atoms with E-state index in [2.05, 4.69) is 26.0 Å². The van der Waals surface area contributed by atoms with Gasteiger partial charge < -0.3 is 0 Å². The molecule has 0 aromatic carbocycles. The van der Waals surface area contributed by atoms with Gasteiger partial charge in [0, 0.05) is 0 Å². The van der Waals surface area contributed by atoms with Crippen molar-refractivity contribution in [3.8, 4) is 0 Å². The van der Waals surface area contributed by atoms with E-state index in [-0.39, 0.29) is 0 Å². The Labute approximate surface area is 212 Å². The SMILES string of the molecule is CCCCCCCCCCCCCCC/C=C/CCCCCCCCCCCCCCCC. The molecule has 0 aliphatic carbocycles. The highest BCUT2D eigenvalue weighted by Gasteiger charge is 1.95. The van der Waals surface area contributed by atoms with E-state index in [1.54, 1.807) is 0 Å². The Balaban J connectivity index is 3.06. The Bertz CT molecular complexity index is 342. The molecule has 0 nitrogen and oxygen atoms in total. The predicted molar refractivity (Wildman–Crippen MR) is 154 cm³/mol. The van der Waals surface area contributed by atoms with Gasteiger partial charge in [-0.15, -0.1) is 0 Å². The zero-order valence-electron chi connectivity index (χ0n) is 23.7. The van der Waals surface area contributed by atoms with Crippen molar-refractivity contribution in [3.05, 3.63) is 12.2 Å². The van der Waals surface area contributed by atoms with Gasteiger partial charge in [0.05, 0.1) is 0 Å². The van der Waals surface area contributed by atoms with Gasteiger partial charge in [-0.3, -0.25) is 0 Å². The second kappa shape index (κ2) is 31.7. The highest BCUT2D eigenvalue weighted by molar-refractivity contribution is 4.81. The van der Waals surface area contributed by atoms with E-state index in [0.29, 0.717) is 0 Å². The summed E-state index contributed by atoms with van der Waals surface area (Å²) in [7, 11) is 0. The molecular weight excluding hydrogens is 396 g/mol. The lowest BCUT2D eigenvalue weighted by atomic mass is 10.0. The van der Waals surface area contributed by atoms with Gasteiger partial charge in [-0.1, -0.05) is 187 Å². The van der Waals surface area contributed by atoms with Crippen molar-refractivity contribution >= 4 is 0 Å². The first-order chi connectivity index (χ1) is 16.4. The number of hydrogen-bond donors (Lipinski definition) is 0. The summed E-state index contributed by atoms with van der Waals surface area (Å²) in [6.07, 6.45) is 46.9. The Hall–Kier alpha value is -0.260. The fourth-order valence-electron chi connectivity index (χ4n) is 4.97. The van der Waals surface area contributed by atoms with Crippen LogP contribution in [0, 0.1) is 0 Å². The number of hydrogen-bond acceptors (Lipinski definition) is 0. The minimum atomic E-state index is 1.32. The van der Waals surface area contributed by atoms with Crippen molar-refractivity contribution in [1.82, 2.24) is 0 Å². The van der Waals surface area contributed by atoms with Crippen molar-refractivity contribution in [2.75, 3.05) is 0 Å². The molecule has 0 heteroatoms. The van der Waals surface area contributed by atoms with Crippen molar-refractivity contribution in [2.45, 2.75) is 200 Å². The van der Waals surface area contributed by atoms with Crippen LogP contribution in [-0.2, 0) is 0 Å². The molecule has 0 rings (SSSR count). The first kappa shape index (κ1) is 32.7. The van der Waals surface area contributed by atoms with Gasteiger partial charge in [0.25, 0.3) is 0 Å². The summed E-state index contributed by atoms with van der Waals surface area (Å²) in [6, 6.07) is 0. The van der Waals surface area contributed by atoms with Crippen LogP contribution in [0.2, 0.25) is 0 Å². The van der Waals surface area contributed by atoms with E-state index >= 15 is 0 Å². The van der Waals surface area contributed by atoms with Crippen LogP contribution < -0.4 is 0 Å². The number of unbranched alkanes of at least 4 members (excludes halogenated alkanes) is 27. The molecule has 0 fully saturated rings. The molecule has 0 heterocycles. The molecule has 0 bridgehead atoms. The smallest absolute Gasteiger partial charge is 0.0351 e. The van der Waals surface area contributed by atoms with Crippen molar-refractivity contribution in [1.29, 1.82) is 0 Å². The molecule has 33 heavy (non-hydrogen) atoms. The quantitative estimate of drug-likeness (QED) is 0.0765. The summed E-state index contributed by atoms with van der Waals surface area (Å²) in [5, 5.41) is 0. The molecule has 0 spiro atoms. The first-order valence-corrected chi connectivity index (χ1v) is 16.1. The van der Waals surface area contributed by atoms with Gasteiger partial charge in [0.2, 0.25) is 0 Å². The maximum atomic E-state index is 2.46. The van der Waals surface area contributed by atoms with Crippen molar-refractivity contribution < 1.29 is 0 Å². The minimum absolute atomic E-state index is 1.32.